The molecule has 2 heterocycles. The Morgan fingerprint density at radius 1 is 1.06 bits per heavy atom. The molecule has 0 bridgehead atoms. The first-order valence-electron chi connectivity index (χ1n) is 11.4. The number of nitrogens with zero attached hydrogens (tertiary/aromatic N) is 1. The molecular weight excluding hydrogens is 458 g/mol. The SMILES string of the molecule is CC(C)(C)OC(=O)NCc1cc2cc(-c3ccc(C(=O)N4CCOCC4)cc3)cc(C(F)F)c2o1. The predicted molar refractivity (Wildman–Crippen MR) is 126 cm³/mol. The summed E-state index contributed by atoms with van der Waals surface area (Å²) in [7, 11) is 0. The fourth-order valence-electron chi connectivity index (χ4n) is 3.88. The smallest absolute Gasteiger partial charge is 0.408 e. The monoisotopic (exact) mass is 486 g/mol. The van der Waals surface area contributed by atoms with Crippen molar-refractivity contribution in [3.05, 3.63) is 59.4 Å². The third-order valence-electron chi connectivity index (χ3n) is 5.50. The summed E-state index contributed by atoms with van der Waals surface area (Å²) in [5.41, 5.74) is 0.980. The number of carbonyl (C=O) groups excluding carboxylic acids is 2. The summed E-state index contributed by atoms with van der Waals surface area (Å²) in [4.78, 5) is 26.3. The molecule has 9 heteroatoms. The maximum Gasteiger partial charge on any atom is 0.408 e. The van der Waals surface area contributed by atoms with Gasteiger partial charge in [0.05, 0.1) is 25.3 Å². The number of rotatable bonds is 5. The number of benzene rings is 2. The van der Waals surface area contributed by atoms with Crippen molar-refractivity contribution in [2.24, 2.45) is 0 Å². The molecule has 1 aromatic heterocycles. The van der Waals surface area contributed by atoms with Crippen molar-refractivity contribution in [3.8, 4) is 11.1 Å². The van der Waals surface area contributed by atoms with E-state index in [1.807, 2.05) is 0 Å². The molecule has 1 N–H and O–H groups in total. The van der Waals surface area contributed by atoms with Crippen molar-refractivity contribution in [2.75, 3.05) is 26.3 Å². The van der Waals surface area contributed by atoms with E-state index in [0.29, 0.717) is 54.1 Å². The van der Waals surface area contributed by atoms with Crippen LogP contribution in [0.15, 0.2) is 46.9 Å². The molecule has 1 aliphatic rings. The summed E-state index contributed by atoms with van der Waals surface area (Å²) >= 11 is 0. The first kappa shape index (κ1) is 24.7. The molecule has 3 aromatic rings. The Morgan fingerprint density at radius 2 is 1.74 bits per heavy atom. The second kappa shape index (κ2) is 10.0. The van der Waals surface area contributed by atoms with Crippen LogP contribution in [-0.4, -0.2) is 48.8 Å². The lowest BCUT2D eigenvalue weighted by Gasteiger charge is -2.26. The van der Waals surface area contributed by atoms with Crippen molar-refractivity contribution >= 4 is 23.0 Å². The van der Waals surface area contributed by atoms with Gasteiger partial charge >= 0.3 is 6.09 Å². The lowest BCUT2D eigenvalue weighted by Crippen LogP contribution is -2.40. The number of amides is 2. The highest BCUT2D eigenvalue weighted by Gasteiger charge is 2.21. The van der Waals surface area contributed by atoms with Gasteiger partial charge in [0.2, 0.25) is 0 Å². The molecule has 35 heavy (non-hydrogen) atoms. The second-order valence-corrected chi connectivity index (χ2v) is 9.33. The number of alkyl carbamates (subject to hydrolysis) is 1. The summed E-state index contributed by atoms with van der Waals surface area (Å²) in [5.74, 6) is 0.247. The van der Waals surface area contributed by atoms with Crippen molar-refractivity contribution in [3.63, 3.8) is 0 Å². The van der Waals surface area contributed by atoms with E-state index in [-0.39, 0.29) is 23.6 Å². The number of hydrogen-bond donors (Lipinski definition) is 1. The number of furan rings is 1. The van der Waals surface area contributed by atoms with Gasteiger partial charge in [0, 0.05) is 24.0 Å². The zero-order chi connectivity index (χ0) is 25.2. The van der Waals surface area contributed by atoms with E-state index in [4.69, 9.17) is 13.9 Å². The van der Waals surface area contributed by atoms with E-state index in [9.17, 15) is 18.4 Å². The molecule has 1 aliphatic heterocycles. The maximum atomic E-state index is 13.9. The van der Waals surface area contributed by atoms with Crippen molar-refractivity contribution in [2.45, 2.75) is 39.3 Å². The fraction of sp³-hybridized carbons (Fsp3) is 0.385. The van der Waals surface area contributed by atoms with Gasteiger partial charge in [-0.2, -0.15) is 0 Å². The summed E-state index contributed by atoms with van der Waals surface area (Å²) in [6.07, 6.45) is -3.38. The van der Waals surface area contributed by atoms with Gasteiger partial charge < -0.3 is 24.1 Å². The predicted octanol–water partition coefficient (Wildman–Crippen LogP) is 5.53. The van der Waals surface area contributed by atoms with Crippen molar-refractivity contribution in [1.82, 2.24) is 10.2 Å². The highest BCUT2D eigenvalue weighted by molar-refractivity contribution is 5.95. The normalized spacial score (nSPS) is 14.4. The number of ether oxygens (including phenoxy) is 2. The second-order valence-electron chi connectivity index (χ2n) is 9.33. The van der Waals surface area contributed by atoms with Crippen molar-refractivity contribution < 1.29 is 32.3 Å². The van der Waals surface area contributed by atoms with Crippen LogP contribution in [0.2, 0.25) is 0 Å². The van der Waals surface area contributed by atoms with E-state index >= 15 is 0 Å². The van der Waals surface area contributed by atoms with Gasteiger partial charge in [-0.1, -0.05) is 12.1 Å². The van der Waals surface area contributed by atoms with Crippen LogP contribution in [0.5, 0.6) is 0 Å². The average molecular weight is 487 g/mol. The topological polar surface area (TPSA) is 81.0 Å². The third-order valence-corrected chi connectivity index (χ3v) is 5.50. The number of carbonyl (C=O) groups is 2. The highest BCUT2D eigenvalue weighted by atomic mass is 19.3. The molecule has 1 saturated heterocycles. The quantitative estimate of drug-likeness (QED) is 0.513. The Balaban J connectivity index is 1.56. The molecule has 4 rings (SSSR count). The van der Waals surface area contributed by atoms with Gasteiger partial charge in [0.1, 0.15) is 16.9 Å². The summed E-state index contributed by atoms with van der Waals surface area (Å²) in [6, 6.07) is 11.7. The first-order chi connectivity index (χ1) is 16.6. The van der Waals surface area contributed by atoms with Crippen LogP contribution in [0.4, 0.5) is 13.6 Å². The number of fused-ring (bicyclic) bond motifs is 1. The Labute approximate surface area is 202 Å². The van der Waals surface area contributed by atoms with Gasteiger partial charge in [-0.05, 0) is 62.2 Å². The van der Waals surface area contributed by atoms with Gasteiger partial charge in [-0.25, -0.2) is 13.6 Å². The lowest BCUT2D eigenvalue weighted by molar-refractivity contribution is 0.0303. The van der Waals surface area contributed by atoms with Crippen LogP contribution in [0, 0.1) is 0 Å². The van der Waals surface area contributed by atoms with Crippen LogP contribution in [0.3, 0.4) is 0 Å². The third kappa shape index (κ3) is 5.97. The van der Waals surface area contributed by atoms with E-state index < -0.39 is 18.1 Å². The number of alkyl halides is 2. The number of halogens is 2. The molecule has 7 nitrogen and oxygen atoms in total. The number of morpholine rings is 1. The van der Waals surface area contributed by atoms with Gasteiger partial charge in [-0.15, -0.1) is 0 Å². The standard InChI is InChI=1S/C26H28F2N2O5/c1-26(2,3)35-25(32)29-15-20-13-19-12-18(14-21(23(27)28)22(19)34-20)16-4-6-17(7-5-16)24(31)30-8-10-33-11-9-30/h4-7,12-14,23H,8-11,15H2,1-3H3,(H,29,32). The van der Waals surface area contributed by atoms with Crippen molar-refractivity contribution in [1.29, 1.82) is 0 Å². The van der Waals surface area contributed by atoms with Gasteiger partial charge in [-0.3, -0.25) is 4.79 Å². The maximum absolute atomic E-state index is 13.9. The summed E-state index contributed by atoms with van der Waals surface area (Å²) in [5, 5.41) is 3.06. The van der Waals surface area contributed by atoms with E-state index in [0.717, 1.165) is 0 Å². The molecule has 0 radical (unpaired) electrons. The van der Waals surface area contributed by atoms with E-state index in [1.165, 1.54) is 6.07 Å². The molecule has 1 fully saturated rings. The first-order valence-corrected chi connectivity index (χ1v) is 11.4. The number of nitrogens with one attached hydrogen (secondary N) is 1. The molecule has 0 aliphatic carbocycles. The average Bonchev–Trinajstić information content (AvgIpc) is 3.24. The van der Waals surface area contributed by atoms with Crippen LogP contribution >= 0.6 is 0 Å². The minimum atomic E-state index is -2.75. The zero-order valence-electron chi connectivity index (χ0n) is 19.9. The molecule has 186 valence electrons. The van der Waals surface area contributed by atoms with Crippen LogP contribution in [0.25, 0.3) is 22.1 Å². The zero-order valence-corrected chi connectivity index (χ0v) is 19.9. The largest absolute Gasteiger partial charge is 0.459 e. The molecule has 0 unspecified atom stereocenters. The summed E-state index contributed by atoms with van der Waals surface area (Å²) in [6.45, 7) is 7.35. The van der Waals surface area contributed by atoms with Crippen LogP contribution in [0.1, 0.15) is 48.9 Å². The molecule has 2 amide bonds. The molecule has 0 atom stereocenters. The van der Waals surface area contributed by atoms with E-state index in [2.05, 4.69) is 5.32 Å². The Morgan fingerprint density at radius 3 is 2.37 bits per heavy atom. The fourth-order valence-corrected chi connectivity index (χ4v) is 3.88. The summed E-state index contributed by atoms with van der Waals surface area (Å²) < 4.78 is 43.9. The molecule has 0 spiro atoms. The molecule has 0 saturated carbocycles. The highest BCUT2D eigenvalue weighted by Crippen LogP contribution is 2.35. The van der Waals surface area contributed by atoms with Crippen LogP contribution in [-0.2, 0) is 16.0 Å². The van der Waals surface area contributed by atoms with E-state index in [1.54, 1.807) is 62.1 Å². The van der Waals surface area contributed by atoms with Gasteiger partial charge in [0.15, 0.2) is 0 Å². The van der Waals surface area contributed by atoms with Crippen LogP contribution < -0.4 is 5.32 Å². The van der Waals surface area contributed by atoms with Gasteiger partial charge in [0.25, 0.3) is 12.3 Å². The Kier molecular flexibility index (Phi) is 7.07. The minimum absolute atomic E-state index is 0.0000463. The minimum Gasteiger partial charge on any atom is -0.459 e. The Hall–Kier alpha value is -3.46. The Bertz CT molecular complexity index is 1210. The molecule has 2 aromatic carbocycles. The lowest BCUT2D eigenvalue weighted by atomic mass is 9.99. The number of hydrogen-bond acceptors (Lipinski definition) is 5. The molecular formula is C26H28F2N2O5.